The average molecular weight is 247 g/mol. The molecule has 4 nitrogen and oxygen atoms in total. The van der Waals surface area contributed by atoms with Crippen LogP contribution in [0.5, 0.6) is 0 Å². The van der Waals surface area contributed by atoms with Gasteiger partial charge in [-0.25, -0.2) is 0 Å². The number of thioether (sulfide) groups is 1. The topological polar surface area (TPSA) is 51.0 Å². The highest BCUT2D eigenvalue weighted by atomic mass is 32.2. The zero-order chi connectivity index (χ0) is 11.5. The monoisotopic (exact) mass is 247 g/mol. The van der Waals surface area contributed by atoms with Crippen LogP contribution < -0.4 is 5.32 Å². The fourth-order valence-electron chi connectivity index (χ4n) is 1.89. The Morgan fingerprint density at radius 1 is 1.29 bits per heavy atom. The molecule has 3 rings (SSSR count). The van der Waals surface area contributed by atoms with E-state index < -0.39 is 0 Å². The lowest BCUT2D eigenvalue weighted by Gasteiger charge is -2.12. The third-order valence-corrected chi connectivity index (χ3v) is 3.95. The summed E-state index contributed by atoms with van der Waals surface area (Å²) in [6, 6.07) is 8.72. The maximum Gasteiger partial charge on any atom is 0.247 e. The zero-order valence-electron chi connectivity index (χ0n) is 9.30. The van der Waals surface area contributed by atoms with Crippen LogP contribution in [0.15, 0.2) is 35.1 Å². The second kappa shape index (κ2) is 4.79. The van der Waals surface area contributed by atoms with E-state index in [2.05, 4.69) is 27.6 Å². The molecule has 1 atom stereocenters. The summed E-state index contributed by atoms with van der Waals surface area (Å²) >= 11 is 2.01. The molecule has 1 aliphatic rings. The summed E-state index contributed by atoms with van der Waals surface area (Å²) in [5.41, 5.74) is 2.11. The van der Waals surface area contributed by atoms with Crippen LogP contribution in [-0.4, -0.2) is 27.7 Å². The van der Waals surface area contributed by atoms with Crippen molar-refractivity contribution < 1.29 is 4.42 Å². The highest BCUT2D eigenvalue weighted by Crippen LogP contribution is 2.23. The number of hydrogen-bond donors (Lipinski definition) is 1. The van der Waals surface area contributed by atoms with Gasteiger partial charge < -0.3 is 9.73 Å². The Kier molecular flexibility index (Phi) is 3.00. The summed E-state index contributed by atoms with van der Waals surface area (Å²) in [5.74, 6) is 3.02. The maximum absolute atomic E-state index is 5.15. The quantitative estimate of drug-likeness (QED) is 0.903. The number of aromatic nitrogens is 2. The Balaban J connectivity index is 1.71. The lowest BCUT2D eigenvalue weighted by atomic mass is 10.2. The van der Waals surface area contributed by atoms with Crippen molar-refractivity contribution in [1.29, 1.82) is 0 Å². The van der Waals surface area contributed by atoms with Gasteiger partial charge >= 0.3 is 0 Å². The molecule has 0 spiro atoms. The van der Waals surface area contributed by atoms with Gasteiger partial charge in [-0.3, -0.25) is 0 Å². The molecule has 1 N–H and O–H groups in total. The van der Waals surface area contributed by atoms with Crippen LogP contribution in [0.25, 0.3) is 11.5 Å². The first-order valence-corrected chi connectivity index (χ1v) is 6.78. The molecule has 1 aromatic heterocycles. The van der Waals surface area contributed by atoms with Crippen LogP contribution in [0.1, 0.15) is 6.42 Å². The molecule has 17 heavy (non-hydrogen) atoms. The first-order chi connectivity index (χ1) is 8.42. The standard InChI is InChI=1S/C12H13N3OS/c1-3-10(14-11-5-6-17-7-11)4-2-9(1)12-15-13-8-16-12/h1-4,8,11,14H,5-7H2. The molecule has 1 saturated heterocycles. The van der Waals surface area contributed by atoms with Crippen LogP contribution in [-0.2, 0) is 0 Å². The summed E-state index contributed by atoms with van der Waals surface area (Å²) < 4.78 is 5.15. The van der Waals surface area contributed by atoms with Crippen molar-refractivity contribution in [3.8, 4) is 11.5 Å². The Bertz CT molecular complexity index is 463. The summed E-state index contributed by atoms with van der Waals surface area (Å²) in [6.07, 6.45) is 2.59. The Hall–Kier alpha value is -1.49. The normalized spacial score (nSPS) is 19.4. The fourth-order valence-corrected chi connectivity index (χ4v) is 3.04. The Labute approximate surface area is 104 Å². The third kappa shape index (κ3) is 2.44. The SMILES string of the molecule is c1nnc(-c2ccc(NC3CCSC3)cc2)o1. The van der Waals surface area contributed by atoms with Gasteiger partial charge in [0.2, 0.25) is 12.3 Å². The number of nitrogens with zero attached hydrogens (tertiary/aromatic N) is 2. The van der Waals surface area contributed by atoms with Crippen LogP contribution in [0.4, 0.5) is 5.69 Å². The molecule has 1 fully saturated rings. The van der Waals surface area contributed by atoms with Gasteiger partial charge in [0, 0.05) is 23.0 Å². The maximum atomic E-state index is 5.15. The predicted molar refractivity (Wildman–Crippen MR) is 69.1 cm³/mol. The molecule has 2 aromatic rings. The fraction of sp³-hybridized carbons (Fsp3) is 0.333. The molecule has 1 aliphatic heterocycles. The highest BCUT2D eigenvalue weighted by molar-refractivity contribution is 7.99. The minimum absolute atomic E-state index is 0.563. The molecule has 0 aliphatic carbocycles. The first kappa shape index (κ1) is 10.7. The van der Waals surface area contributed by atoms with Crippen LogP contribution in [0, 0.1) is 0 Å². The summed E-state index contributed by atoms with van der Waals surface area (Å²) in [5, 5.41) is 11.1. The first-order valence-electron chi connectivity index (χ1n) is 5.63. The van der Waals surface area contributed by atoms with E-state index in [0.29, 0.717) is 11.9 Å². The molecule has 88 valence electrons. The average Bonchev–Trinajstić information content (AvgIpc) is 3.01. The lowest BCUT2D eigenvalue weighted by Crippen LogP contribution is -2.17. The second-order valence-corrected chi connectivity index (χ2v) is 5.18. The van der Waals surface area contributed by atoms with Crippen molar-refractivity contribution in [2.75, 3.05) is 16.8 Å². The van der Waals surface area contributed by atoms with E-state index in [4.69, 9.17) is 4.42 Å². The van der Waals surface area contributed by atoms with Gasteiger partial charge in [0.05, 0.1) is 0 Å². The number of benzene rings is 1. The van der Waals surface area contributed by atoms with Crippen LogP contribution in [0.2, 0.25) is 0 Å². The van der Waals surface area contributed by atoms with Crippen molar-refractivity contribution in [3.05, 3.63) is 30.7 Å². The number of anilines is 1. The molecule has 0 amide bonds. The second-order valence-electron chi connectivity index (χ2n) is 4.03. The molecule has 5 heteroatoms. The smallest absolute Gasteiger partial charge is 0.247 e. The molecule has 0 bridgehead atoms. The zero-order valence-corrected chi connectivity index (χ0v) is 10.1. The third-order valence-electron chi connectivity index (χ3n) is 2.79. The van der Waals surface area contributed by atoms with E-state index in [1.807, 2.05) is 23.9 Å². The molecular formula is C12H13N3OS. The summed E-state index contributed by atoms with van der Waals surface area (Å²) in [6.45, 7) is 0. The van der Waals surface area contributed by atoms with Crippen molar-refractivity contribution in [3.63, 3.8) is 0 Å². The van der Waals surface area contributed by atoms with E-state index in [1.54, 1.807) is 0 Å². The lowest BCUT2D eigenvalue weighted by molar-refractivity contribution is 0.568. The van der Waals surface area contributed by atoms with E-state index in [-0.39, 0.29) is 0 Å². The van der Waals surface area contributed by atoms with Crippen molar-refractivity contribution in [2.24, 2.45) is 0 Å². The van der Waals surface area contributed by atoms with Gasteiger partial charge in [-0.15, -0.1) is 10.2 Å². The van der Waals surface area contributed by atoms with Gasteiger partial charge in [-0.2, -0.15) is 11.8 Å². The number of nitrogens with one attached hydrogen (secondary N) is 1. The Morgan fingerprint density at radius 2 is 2.18 bits per heavy atom. The number of hydrogen-bond acceptors (Lipinski definition) is 5. The largest absolute Gasteiger partial charge is 0.423 e. The molecule has 1 aromatic carbocycles. The van der Waals surface area contributed by atoms with Gasteiger partial charge in [0.25, 0.3) is 0 Å². The highest BCUT2D eigenvalue weighted by Gasteiger charge is 2.14. The minimum Gasteiger partial charge on any atom is -0.423 e. The minimum atomic E-state index is 0.563. The van der Waals surface area contributed by atoms with Gasteiger partial charge in [0.1, 0.15) is 0 Å². The van der Waals surface area contributed by atoms with Gasteiger partial charge in [-0.05, 0) is 36.4 Å². The van der Waals surface area contributed by atoms with E-state index in [0.717, 1.165) is 11.3 Å². The molecule has 0 saturated carbocycles. The molecule has 2 heterocycles. The van der Waals surface area contributed by atoms with Gasteiger partial charge in [0.15, 0.2) is 0 Å². The van der Waals surface area contributed by atoms with Crippen molar-refractivity contribution in [2.45, 2.75) is 12.5 Å². The predicted octanol–water partition coefficient (Wildman–Crippen LogP) is 2.65. The van der Waals surface area contributed by atoms with Crippen molar-refractivity contribution >= 4 is 17.4 Å². The molecule has 0 radical (unpaired) electrons. The molecular weight excluding hydrogens is 234 g/mol. The Morgan fingerprint density at radius 3 is 2.82 bits per heavy atom. The summed E-state index contributed by atoms with van der Waals surface area (Å²) in [4.78, 5) is 0. The van der Waals surface area contributed by atoms with E-state index in [1.165, 1.54) is 24.3 Å². The molecule has 1 unspecified atom stereocenters. The van der Waals surface area contributed by atoms with Crippen LogP contribution in [0.3, 0.4) is 0 Å². The number of rotatable bonds is 3. The van der Waals surface area contributed by atoms with Crippen LogP contribution >= 0.6 is 11.8 Å². The van der Waals surface area contributed by atoms with E-state index in [9.17, 15) is 0 Å². The summed E-state index contributed by atoms with van der Waals surface area (Å²) in [7, 11) is 0. The van der Waals surface area contributed by atoms with Crippen molar-refractivity contribution in [1.82, 2.24) is 10.2 Å². The van der Waals surface area contributed by atoms with E-state index >= 15 is 0 Å². The van der Waals surface area contributed by atoms with Gasteiger partial charge in [-0.1, -0.05) is 0 Å².